The summed E-state index contributed by atoms with van der Waals surface area (Å²) in [6.07, 6.45) is 0.819. The van der Waals surface area contributed by atoms with Crippen molar-refractivity contribution in [2.45, 2.75) is 13.3 Å². The highest BCUT2D eigenvalue weighted by atomic mass is 35.5. The van der Waals surface area contributed by atoms with Crippen molar-refractivity contribution in [3.05, 3.63) is 22.7 Å². The number of aliphatic hydroxyl groups is 1. The van der Waals surface area contributed by atoms with Crippen LogP contribution in [0.25, 0.3) is 0 Å². The first kappa shape index (κ1) is 14.6. The van der Waals surface area contributed by atoms with E-state index in [0.29, 0.717) is 24.5 Å². The van der Waals surface area contributed by atoms with Crippen LogP contribution >= 0.6 is 11.6 Å². The lowest BCUT2D eigenvalue weighted by Gasteiger charge is -2.26. The Balaban J connectivity index is 3.30. The number of carbonyl (C=O) groups is 1. The summed E-state index contributed by atoms with van der Waals surface area (Å²) in [7, 11) is 0. The lowest BCUT2D eigenvalue weighted by atomic mass is 10.1. The van der Waals surface area contributed by atoms with E-state index in [4.69, 9.17) is 22.4 Å². The Bertz CT molecular complexity index is 432. The Morgan fingerprint density at radius 1 is 1.44 bits per heavy atom. The van der Waals surface area contributed by atoms with Crippen molar-refractivity contribution < 1.29 is 15.0 Å². The van der Waals surface area contributed by atoms with Crippen molar-refractivity contribution in [2.75, 3.05) is 30.3 Å². The normalized spacial score (nSPS) is 10.4. The standard InChI is InChI=1S/C12H17ClN2O3/c1-2-3-15(4-5-16)11-9(12(17)18)6-8(14)7-10(11)13/h6-7,16H,2-5,14H2,1H3,(H,17,18). The monoisotopic (exact) mass is 272 g/mol. The zero-order valence-electron chi connectivity index (χ0n) is 10.2. The molecule has 4 N–H and O–H groups in total. The molecule has 1 rings (SSSR count). The summed E-state index contributed by atoms with van der Waals surface area (Å²) in [5, 5.41) is 18.5. The molecule has 0 aliphatic heterocycles. The molecular formula is C12H17ClN2O3. The van der Waals surface area contributed by atoms with Crippen molar-refractivity contribution >= 4 is 28.9 Å². The zero-order chi connectivity index (χ0) is 13.7. The van der Waals surface area contributed by atoms with Gasteiger partial charge in [0.15, 0.2) is 0 Å². The molecule has 0 radical (unpaired) electrons. The second-order valence-corrected chi connectivity index (χ2v) is 4.32. The summed E-state index contributed by atoms with van der Waals surface area (Å²) in [5.74, 6) is -1.08. The summed E-state index contributed by atoms with van der Waals surface area (Å²) in [6.45, 7) is 2.85. The molecular weight excluding hydrogens is 256 g/mol. The maximum atomic E-state index is 11.2. The Hall–Kier alpha value is -1.46. The zero-order valence-corrected chi connectivity index (χ0v) is 10.9. The van der Waals surface area contributed by atoms with E-state index in [9.17, 15) is 9.90 Å². The molecule has 0 unspecified atom stereocenters. The highest BCUT2D eigenvalue weighted by molar-refractivity contribution is 6.34. The van der Waals surface area contributed by atoms with Gasteiger partial charge in [0, 0.05) is 18.8 Å². The van der Waals surface area contributed by atoms with Crippen LogP contribution in [0.4, 0.5) is 11.4 Å². The molecule has 6 heteroatoms. The molecule has 1 aromatic carbocycles. The van der Waals surface area contributed by atoms with E-state index in [1.807, 2.05) is 6.92 Å². The first-order valence-corrected chi connectivity index (χ1v) is 6.07. The Kier molecular flexibility index (Phi) is 5.25. The average Bonchev–Trinajstić information content (AvgIpc) is 2.27. The molecule has 18 heavy (non-hydrogen) atoms. The third kappa shape index (κ3) is 3.27. The summed E-state index contributed by atoms with van der Waals surface area (Å²) in [4.78, 5) is 13.0. The Morgan fingerprint density at radius 2 is 2.11 bits per heavy atom. The molecule has 0 bridgehead atoms. The molecule has 100 valence electrons. The largest absolute Gasteiger partial charge is 0.478 e. The fraction of sp³-hybridized carbons (Fsp3) is 0.417. The first-order valence-electron chi connectivity index (χ1n) is 5.69. The van der Waals surface area contributed by atoms with Crippen LogP contribution in [-0.2, 0) is 0 Å². The number of aromatic carboxylic acids is 1. The summed E-state index contributed by atoms with van der Waals surface area (Å²) >= 11 is 6.08. The molecule has 1 aromatic rings. The lowest BCUT2D eigenvalue weighted by Crippen LogP contribution is -2.29. The SMILES string of the molecule is CCCN(CCO)c1c(Cl)cc(N)cc1C(=O)O. The number of benzene rings is 1. The van der Waals surface area contributed by atoms with Crippen molar-refractivity contribution in [2.24, 2.45) is 0 Å². The fourth-order valence-corrected chi connectivity index (χ4v) is 2.18. The van der Waals surface area contributed by atoms with Crippen molar-refractivity contribution in [3.8, 4) is 0 Å². The van der Waals surface area contributed by atoms with Crippen LogP contribution in [0, 0.1) is 0 Å². The molecule has 5 nitrogen and oxygen atoms in total. The second kappa shape index (κ2) is 6.47. The van der Waals surface area contributed by atoms with Crippen molar-refractivity contribution in [1.29, 1.82) is 0 Å². The Morgan fingerprint density at radius 3 is 2.61 bits per heavy atom. The smallest absolute Gasteiger partial charge is 0.337 e. The van der Waals surface area contributed by atoms with E-state index < -0.39 is 5.97 Å². The van der Waals surface area contributed by atoms with Gasteiger partial charge < -0.3 is 20.8 Å². The number of nitrogens with two attached hydrogens (primary N) is 1. The van der Waals surface area contributed by atoms with Gasteiger partial charge in [-0.25, -0.2) is 4.79 Å². The molecule has 0 heterocycles. The van der Waals surface area contributed by atoms with Gasteiger partial charge in [-0.3, -0.25) is 0 Å². The molecule has 0 aromatic heterocycles. The Labute approximate surface area is 111 Å². The maximum Gasteiger partial charge on any atom is 0.337 e. The van der Waals surface area contributed by atoms with E-state index in [1.165, 1.54) is 12.1 Å². The highest BCUT2D eigenvalue weighted by Crippen LogP contribution is 2.32. The highest BCUT2D eigenvalue weighted by Gasteiger charge is 2.19. The fourth-order valence-electron chi connectivity index (χ4n) is 1.83. The number of halogens is 1. The minimum absolute atomic E-state index is 0.0573. The van der Waals surface area contributed by atoms with Gasteiger partial charge in [-0.05, 0) is 18.6 Å². The second-order valence-electron chi connectivity index (χ2n) is 3.91. The molecule has 0 atom stereocenters. The molecule has 0 amide bonds. The number of hydrogen-bond donors (Lipinski definition) is 3. The minimum atomic E-state index is -1.08. The third-order valence-electron chi connectivity index (χ3n) is 2.50. The van der Waals surface area contributed by atoms with Crippen molar-refractivity contribution in [1.82, 2.24) is 0 Å². The van der Waals surface area contributed by atoms with Crippen LogP contribution in [0.1, 0.15) is 23.7 Å². The lowest BCUT2D eigenvalue weighted by molar-refractivity contribution is 0.0697. The molecule has 0 saturated carbocycles. The quantitative estimate of drug-likeness (QED) is 0.688. The molecule has 0 aliphatic carbocycles. The van der Waals surface area contributed by atoms with Crippen LogP contribution in [0.5, 0.6) is 0 Å². The topological polar surface area (TPSA) is 86.8 Å². The van der Waals surface area contributed by atoms with E-state index in [-0.39, 0.29) is 17.2 Å². The van der Waals surface area contributed by atoms with E-state index in [2.05, 4.69) is 0 Å². The van der Waals surface area contributed by atoms with Gasteiger partial charge in [0.2, 0.25) is 0 Å². The van der Waals surface area contributed by atoms with Gasteiger partial charge in [-0.15, -0.1) is 0 Å². The van der Waals surface area contributed by atoms with Crippen LogP contribution in [0.3, 0.4) is 0 Å². The number of nitrogen functional groups attached to an aromatic ring is 1. The van der Waals surface area contributed by atoms with Crippen molar-refractivity contribution in [3.63, 3.8) is 0 Å². The van der Waals surface area contributed by atoms with Gasteiger partial charge in [-0.1, -0.05) is 18.5 Å². The van der Waals surface area contributed by atoms with Gasteiger partial charge in [0.25, 0.3) is 0 Å². The molecule has 0 spiro atoms. The number of hydrogen-bond acceptors (Lipinski definition) is 4. The molecule has 0 aliphatic rings. The molecule has 0 saturated heterocycles. The van der Waals surface area contributed by atoms with Gasteiger partial charge in [0.05, 0.1) is 22.9 Å². The predicted molar refractivity (Wildman–Crippen MR) is 72.4 cm³/mol. The van der Waals surface area contributed by atoms with Gasteiger partial charge in [-0.2, -0.15) is 0 Å². The number of anilines is 2. The maximum absolute atomic E-state index is 11.2. The summed E-state index contributed by atoms with van der Waals surface area (Å²) in [5.41, 5.74) is 6.37. The van der Waals surface area contributed by atoms with Crippen LogP contribution in [0.2, 0.25) is 5.02 Å². The summed E-state index contributed by atoms with van der Waals surface area (Å²) < 4.78 is 0. The van der Waals surface area contributed by atoms with E-state index >= 15 is 0 Å². The predicted octanol–water partition coefficient (Wildman–Crippen LogP) is 1.83. The number of carboxylic acid groups (broad SMARTS) is 1. The van der Waals surface area contributed by atoms with Crippen LogP contribution < -0.4 is 10.6 Å². The van der Waals surface area contributed by atoms with Crippen LogP contribution in [0.15, 0.2) is 12.1 Å². The first-order chi connectivity index (χ1) is 8.51. The van der Waals surface area contributed by atoms with Gasteiger partial charge >= 0.3 is 5.97 Å². The number of nitrogens with zero attached hydrogens (tertiary/aromatic N) is 1. The third-order valence-corrected chi connectivity index (χ3v) is 2.78. The number of carboxylic acids is 1. The minimum Gasteiger partial charge on any atom is -0.478 e. The average molecular weight is 273 g/mol. The van der Waals surface area contributed by atoms with Gasteiger partial charge in [0.1, 0.15) is 0 Å². The van der Waals surface area contributed by atoms with E-state index in [1.54, 1.807) is 4.90 Å². The number of rotatable bonds is 6. The summed E-state index contributed by atoms with van der Waals surface area (Å²) in [6, 6.07) is 2.90. The molecule has 0 fully saturated rings. The van der Waals surface area contributed by atoms with Crippen LogP contribution in [-0.4, -0.2) is 35.9 Å². The van der Waals surface area contributed by atoms with E-state index in [0.717, 1.165) is 6.42 Å². The number of aliphatic hydroxyl groups excluding tert-OH is 1.